The number of aromatic nitrogens is 2. The predicted molar refractivity (Wildman–Crippen MR) is 78.0 cm³/mol. The molecule has 21 heavy (non-hydrogen) atoms. The Kier molecular flexibility index (Phi) is 3.57. The zero-order valence-electron chi connectivity index (χ0n) is 11.7. The van der Waals surface area contributed by atoms with Crippen molar-refractivity contribution in [3.05, 3.63) is 46.5 Å². The van der Waals surface area contributed by atoms with E-state index in [0.717, 1.165) is 30.2 Å². The fraction of sp³-hybridized carbons (Fsp3) is 0.357. The van der Waals surface area contributed by atoms with Crippen LogP contribution in [0.3, 0.4) is 0 Å². The minimum Gasteiger partial charge on any atom is -0.378 e. The van der Waals surface area contributed by atoms with Gasteiger partial charge in [-0.15, -0.1) is 0 Å². The van der Waals surface area contributed by atoms with Gasteiger partial charge in [-0.1, -0.05) is 0 Å². The van der Waals surface area contributed by atoms with E-state index in [1.165, 1.54) is 0 Å². The normalized spacial score (nSPS) is 15.2. The van der Waals surface area contributed by atoms with Crippen LogP contribution in [-0.2, 0) is 4.74 Å². The number of morpholine rings is 1. The third-order valence-corrected chi connectivity index (χ3v) is 3.48. The van der Waals surface area contributed by atoms with E-state index in [9.17, 15) is 10.1 Å². The fourth-order valence-corrected chi connectivity index (χ4v) is 2.40. The molecule has 0 aliphatic carbocycles. The van der Waals surface area contributed by atoms with Crippen LogP contribution in [0.15, 0.2) is 30.7 Å². The summed E-state index contributed by atoms with van der Waals surface area (Å²) in [6, 6.07) is 5.11. The average Bonchev–Trinajstić information content (AvgIpc) is 2.94. The number of benzene rings is 1. The van der Waals surface area contributed by atoms with Crippen molar-refractivity contribution in [1.29, 1.82) is 0 Å². The van der Waals surface area contributed by atoms with Gasteiger partial charge < -0.3 is 14.2 Å². The monoisotopic (exact) mass is 288 g/mol. The van der Waals surface area contributed by atoms with Gasteiger partial charge in [-0.3, -0.25) is 10.1 Å². The number of rotatable bonds is 3. The number of anilines is 1. The van der Waals surface area contributed by atoms with Gasteiger partial charge in [0.25, 0.3) is 5.69 Å². The second-order valence-corrected chi connectivity index (χ2v) is 4.99. The molecule has 1 aliphatic rings. The molecule has 0 saturated carbocycles. The first kappa shape index (κ1) is 13.6. The summed E-state index contributed by atoms with van der Waals surface area (Å²) in [5.41, 5.74) is 2.54. The van der Waals surface area contributed by atoms with E-state index in [4.69, 9.17) is 4.74 Å². The maximum Gasteiger partial charge on any atom is 0.273 e. The molecule has 0 atom stereocenters. The number of hydrogen-bond acceptors (Lipinski definition) is 5. The minimum atomic E-state index is -0.364. The molecule has 1 aromatic heterocycles. The van der Waals surface area contributed by atoms with Crippen molar-refractivity contribution in [3.8, 4) is 5.69 Å². The quantitative estimate of drug-likeness (QED) is 0.637. The van der Waals surface area contributed by atoms with Gasteiger partial charge in [0.2, 0.25) is 0 Å². The Morgan fingerprint density at radius 1 is 1.24 bits per heavy atom. The van der Waals surface area contributed by atoms with Crippen LogP contribution in [0.4, 0.5) is 11.4 Å². The lowest BCUT2D eigenvalue weighted by molar-refractivity contribution is -0.384. The summed E-state index contributed by atoms with van der Waals surface area (Å²) in [6.07, 6.45) is 3.51. The number of imidazole rings is 1. The molecule has 1 saturated heterocycles. The molecule has 0 bridgehead atoms. The van der Waals surface area contributed by atoms with Crippen LogP contribution in [0, 0.1) is 17.0 Å². The largest absolute Gasteiger partial charge is 0.378 e. The van der Waals surface area contributed by atoms with E-state index in [2.05, 4.69) is 9.88 Å². The molecule has 0 spiro atoms. The van der Waals surface area contributed by atoms with Gasteiger partial charge in [-0.05, 0) is 13.0 Å². The van der Waals surface area contributed by atoms with Crippen molar-refractivity contribution in [1.82, 2.24) is 9.55 Å². The Labute approximate surface area is 121 Å². The first-order chi connectivity index (χ1) is 10.1. The van der Waals surface area contributed by atoms with Crippen LogP contribution >= 0.6 is 0 Å². The molecule has 2 heterocycles. The third kappa shape index (κ3) is 2.87. The maximum atomic E-state index is 11.2. The summed E-state index contributed by atoms with van der Waals surface area (Å²) in [6.45, 7) is 4.65. The zero-order valence-corrected chi connectivity index (χ0v) is 11.7. The topological polar surface area (TPSA) is 73.4 Å². The summed E-state index contributed by atoms with van der Waals surface area (Å²) in [5.74, 6) is 0. The number of nitro benzene ring substituents is 1. The Morgan fingerprint density at radius 2 is 1.95 bits per heavy atom. The van der Waals surface area contributed by atoms with Crippen LogP contribution in [0.2, 0.25) is 0 Å². The molecule has 1 fully saturated rings. The summed E-state index contributed by atoms with van der Waals surface area (Å²) in [4.78, 5) is 17.1. The van der Waals surface area contributed by atoms with Crippen molar-refractivity contribution in [2.45, 2.75) is 6.92 Å². The highest BCUT2D eigenvalue weighted by Gasteiger charge is 2.17. The Balaban J connectivity index is 2.03. The number of aryl methyl sites for hydroxylation is 1. The standard InChI is InChI=1S/C14H16N4O3/c1-11-9-17(10-15-11)13-6-12(7-14(8-13)18(19)20)16-2-4-21-5-3-16/h6-10H,2-5H2,1H3. The highest BCUT2D eigenvalue weighted by molar-refractivity contribution is 5.60. The number of ether oxygens (including phenoxy) is 1. The van der Waals surface area contributed by atoms with E-state index in [1.807, 2.05) is 19.2 Å². The van der Waals surface area contributed by atoms with Crippen molar-refractivity contribution in [3.63, 3.8) is 0 Å². The zero-order chi connectivity index (χ0) is 14.8. The Morgan fingerprint density at radius 3 is 2.57 bits per heavy atom. The van der Waals surface area contributed by atoms with Gasteiger partial charge in [0.15, 0.2) is 0 Å². The Hall–Kier alpha value is -2.41. The average molecular weight is 288 g/mol. The maximum absolute atomic E-state index is 11.2. The highest BCUT2D eigenvalue weighted by Crippen LogP contribution is 2.27. The van der Waals surface area contributed by atoms with Crippen LogP contribution in [0.1, 0.15) is 5.69 Å². The molecule has 1 aliphatic heterocycles. The molecule has 1 aromatic carbocycles. The number of nitrogens with zero attached hydrogens (tertiary/aromatic N) is 4. The lowest BCUT2D eigenvalue weighted by Crippen LogP contribution is -2.36. The van der Waals surface area contributed by atoms with E-state index in [0.29, 0.717) is 13.2 Å². The van der Waals surface area contributed by atoms with Crippen molar-refractivity contribution < 1.29 is 9.66 Å². The SMILES string of the molecule is Cc1cn(-c2cc(N3CCOCC3)cc([N+](=O)[O-])c2)cn1. The summed E-state index contributed by atoms with van der Waals surface area (Å²) < 4.78 is 7.12. The van der Waals surface area contributed by atoms with Crippen molar-refractivity contribution >= 4 is 11.4 Å². The van der Waals surface area contributed by atoms with Crippen LogP contribution in [0.5, 0.6) is 0 Å². The Bertz CT molecular complexity index is 662. The third-order valence-electron chi connectivity index (χ3n) is 3.48. The molecular weight excluding hydrogens is 272 g/mol. The number of non-ortho nitro benzene ring substituents is 1. The van der Waals surface area contributed by atoms with E-state index < -0.39 is 0 Å². The molecule has 2 aromatic rings. The van der Waals surface area contributed by atoms with Gasteiger partial charge in [-0.2, -0.15) is 0 Å². The second-order valence-electron chi connectivity index (χ2n) is 4.99. The molecular formula is C14H16N4O3. The molecule has 110 valence electrons. The number of nitro groups is 1. The van der Waals surface area contributed by atoms with Crippen LogP contribution < -0.4 is 4.90 Å². The highest BCUT2D eigenvalue weighted by atomic mass is 16.6. The molecule has 0 amide bonds. The first-order valence-electron chi connectivity index (χ1n) is 6.76. The van der Waals surface area contributed by atoms with Crippen LogP contribution in [0.25, 0.3) is 5.69 Å². The van der Waals surface area contributed by atoms with Crippen molar-refractivity contribution in [2.24, 2.45) is 0 Å². The molecule has 7 nitrogen and oxygen atoms in total. The second kappa shape index (κ2) is 5.53. The van der Waals surface area contributed by atoms with Gasteiger partial charge in [0.05, 0.1) is 35.8 Å². The lowest BCUT2D eigenvalue weighted by Gasteiger charge is -2.29. The van der Waals surface area contributed by atoms with Crippen LogP contribution in [-0.4, -0.2) is 40.8 Å². The van der Waals surface area contributed by atoms with Gasteiger partial charge in [0, 0.05) is 37.1 Å². The van der Waals surface area contributed by atoms with Crippen molar-refractivity contribution in [2.75, 3.05) is 31.2 Å². The molecule has 0 N–H and O–H groups in total. The lowest BCUT2D eigenvalue weighted by atomic mass is 10.2. The summed E-state index contributed by atoms with van der Waals surface area (Å²) in [5, 5.41) is 11.2. The molecule has 7 heteroatoms. The molecule has 0 radical (unpaired) electrons. The fourth-order valence-electron chi connectivity index (χ4n) is 2.40. The minimum absolute atomic E-state index is 0.0837. The summed E-state index contributed by atoms with van der Waals surface area (Å²) >= 11 is 0. The van der Waals surface area contributed by atoms with Gasteiger partial charge in [0.1, 0.15) is 0 Å². The number of hydrogen-bond donors (Lipinski definition) is 0. The van der Waals surface area contributed by atoms with E-state index in [1.54, 1.807) is 23.0 Å². The first-order valence-corrected chi connectivity index (χ1v) is 6.76. The molecule has 3 rings (SSSR count). The smallest absolute Gasteiger partial charge is 0.273 e. The van der Waals surface area contributed by atoms with E-state index in [-0.39, 0.29) is 10.6 Å². The van der Waals surface area contributed by atoms with E-state index >= 15 is 0 Å². The summed E-state index contributed by atoms with van der Waals surface area (Å²) in [7, 11) is 0. The van der Waals surface area contributed by atoms with Gasteiger partial charge >= 0.3 is 0 Å². The molecule has 0 unspecified atom stereocenters. The van der Waals surface area contributed by atoms with Gasteiger partial charge in [-0.25, -0.2) is 4.98 Å². The predicted octanol–water partition coefficient (Wildman–Crippen LogP) is 1.93.